The van der Waals surface area contributed by atoms with E-state index in [1.165, 1.54) is 0 Å². The Morgan fingerprint density at radius 1 is 1.80 bits per heavy atom. The van der Waals surface area contributed by atoms with E-state index in [2.05, 4.69) is 6.58 Å². The molecule has 1 heterocycles. The minimum atomic E-state index is -0.0781. The predicted molar refractivity (Wildman–Crippen MR) is 38.5 cm³/mol. The molecule has 0 aliphatic carbocycles. The standard InChI is InChI=1S/C8H12O2/c1-3-7-4-5-8(9)10-6(7)2/h3,6-7H,1,4-5H2,2H3/t6-,7?/m1/s1. The Balaban J connectivity index is 2.50. The maximum atomic E-state index is 10.7. The Morgan fingerprint density at radius 3 is 3.00 bits per heavy atom. The van der Waals surface area contributed by atoms with Crippen LogP contribution >= 0.6 is 0 Å². The third kappa shape index (κ3) is 1.38. The third-order valence-electron chi connectivity index (χ3n) is 1.90. The van der Waals surface area contributed by atoms with E-state index >= 15 is 0 Å². The Bertz CT molecular complexity index is 151. The predicted octanol–water partition coefficient (Wildman–Crippen LogP) is 1.51. The first kappa shape index (κ1) is 7.32. The topological polar surface area (TPSA) is 26.3 Å². The molecule has 1 fully saturated rings. The highest BCUT2D eigenvalue weighted by atomic mass is 16.5. The van der Waals surface area contributed by atoms with Crippen LogP contribution in [0.1, 0.15) is 19.8 Å². The molecule has 1 aliphatic rings. The van der Waals surface area contributed by atoms with Crippen molar-refractivity contribution in [3.8, 4) is 0 Å². The number of carbonyl (C=O) groups is 1. The van der Waals surface area contributed by atoms with Crippen molar-refractivity contribution in [3.05, 3.63) is 12.7 Å². The average molecular weight is 140 g/mol. The van der Waals surface area contributed by atoms with Gasteiger partial charge in [0.2, 0.25) is 0 Å². The van der Waals surface area contributed by atoms with Crippen molar-refractivity contribution in [2.24, 2.45) is 5.92 Å². The molecule has 1 aliphatic heterocycles. The Labute approximate surface area is 60.9 Å². The molecular weight excluding hydrogens is 128 g/mol. The fraction of sp³-hybridized carbons (Fsp3) is 0.625. The molecule has 0 amide bonds. The first-order chi connectivity index (χ1) is 4.74. The maximum Gasteiger partial charge on any atom is 0.306 e. The van der Waals surface area contributed by atoms with Gasteiger partial charge in [-0.1, -0.05) is 6.08 Å². The Kier molecular flexibility index (Phi) is 2.10. The molecule has 0 saturated carbocycles. The number of cyclic esters (lactones) is 1. The normalized spacial score (nSPS) is 33.1. The quantitative estimate of drug-likeness (QED) is 0.407. The Morgan fingerprint density at radius 2 is 2.50 bits per heavy atom. The van der Waals surface area contributed by atoms with Crippen LogP contribution in [0.5, 0.6) is 0 Å². The molecule has 2 atom stereocenters. The Hall–Kier alpha value is -0.790. The first-order valence-corrected chi connectivity index (χ1v) is 3.56. The molecule has 0 bridgehead atoms. The van der Waals surface area contributed by atoms with Gasteiger partial charge >= 0.3 is 5.97 Å². The van der Waals surface area contributed by atoms with Crippen LogP contribution in [-0.2, 0) is 9.53 Å². The first-order valence-electron chi connectivity index (χ1n) is 3.56. The molecule has 1 saturated heterocycles. The number of carbonyl (C=O) groups excluding carboxylic acids is 1. The van der Waals surface area contributed by atoms with Crippen LogP contribution < -0.4 is 0 Å². The van der Waals surface area contributed by atoms with E-state index in [1.807, 2.05) is 13.0 Å². The van der Waals surface area contributed by atoms with Crippen LogP contribution in [0.4, 0.5) is 0 Å². The molecule has 2 nitrogen and oxygen atoms in total. The van der Waals surface area contributed by atoms with E-state index in [0.29, 0.717) is 12.3 Å². The van der Waals surface area contributed by atoms with Gasteiger partial charge in [-0.15, -0.1) is 6.58 Å². The highest BCUT2D eigenvalue weighted by molar-refractivity contribution is 5.70. The summed E-state index contributed by atoms with van der Waals surface area (Å²) in [6, 6.07) is 0. The molecule has 0 aromatic carbocycles. The lowest BCUT2D eigenvalue weighted by atomic mass is 9.95. The molecule has 56 valence electrons. The van der Waals surface area contributed by atoms with E-state index in [4.69, 9.17) is 4.74 Å². The van der Waals surface area contributed by atoms with Crippen LogP contribution in [0, 0.1) is 5.92 Å². The summed E-state index contributed by atoms with van der Waals surface area (Å²) in [7, 11) is 0. The molecular formula is C8H12O2. The van der Waals surface area contributed by atoms with Crippen LogP contribution in [-0.4, -0.2) is 12.1 Å². The summed E-state index contributed by atoms with van der Waals surface area (Å²) in [5.74, 6) is 0.281. The lowest BCUT2D eigenvalue weighted by molar-refractivity contribution is -0.155. The van der Waals surface area contributed by atoms with Crippen molar-refractivity contribution in [1.82, 2.24) is 0 Å². The molecule has 0 aromatic rings. The summed E-state index contributed by atoms with van der Waals surface area (Å²) in [5.41, 5.74) is 0. The zero-order valence-corrected chi connectivity index (χ0v) is 6.17. The van der Waals surface area contributed by atoms with E-state index in [-0.39, 0.29) is 12.1 Å². The van der Waals surface area contributed by atoms with Gasteiger partial charge < -0.3 is 4.74 Å². The second-order valence-electron chi connectivity index (χ2n) is 2.63. The third-order valence-corrected chi connectivity index (χ3v) is 1.90. The van der Waals surface area contributed by atoms with Crippen molar-refractivity contribution in [3.63, 3.8) is 0 Å². The van der Waals surface area contributed by atoms with E-state index in [0.717, 1.165) is 6.42 Å². The molecule has 0 radical (unpaired) electrons. The second kappa shape index (κ2) is 2.86. The number of rotatable bonds is 1. The fourth-order valence-corrected chi connectivity index (χ4v) is 1.18. The molecule has 2 heteroatoms. The second-order valence-corrected chi connectivity index (χ2v) is 2.63. The zero-order chi connectivity index (χ0) is 7.56. The maximum absolute atomic E-state index is 10.7. The van der Waals surface area contributed by atoms with E-state index < -0.39 is 0 Å². The number of esters is 1. The SMILES string of the molecule is C=CC1CCC(=O)O[C@@H]1C. The summed E-state index contributed by atoms with van der Waals surface area (Å²) >= 11 is 0. The highest BCUT2D eigenvalue weighted by Crippen LogP contribution is 2.21. The summed E-state index contributed by atoms with van der Waals surface area (Å²) in [5, 5.41) is 0. The molecule has 0 aromatic heterocycles. The minimum Gasteiger partial charge on any atom is -0.462 e. The highest BCUT2D eigenvalue weighted by Gasteiger charge is 2.24. The van der Waals surface area contributed by atoms with Crippen molar-refractivity contribution >= 4 is 5.97 Å². The number of ether oxygens (including phenoxy) is 1. The summed E-state index contributed by atoms with van der Waals surface area (Å²) < 4.78 is 4.98. The molecule has 10 heavy (non-hydrogen) atoms. The molecule has 1 rings (SSSR count). The lowest BCUT2D eigenvalue weighted by Crippen LogP contribution is -2.28. The smallest absolute Gasteiger partial charge is 0.306 e. The van der Waals surface area contributed by atoms with Crippen molar-refractivity contribution in [2.75, 3.05) is 0 Å². The monoisotopic (exact) mass is 140 g/mol. The fourth-order valence-electron chi connectivity index (χ4n) is 1.18. The van der Waals surface area contributed by atoms with Crippen LogP contribution in [0.25, 0.3) is 0 Å². The molecule has 0 N–H and O–H groups in total. The van der Waals surface area contributed by atoms with Crippen LogP contribution in [0.3, 0.4) is 0 Å². The largest absolute Gasteiger partial charge is 0.462 e. The number of hydrogen-bond donors (Lipinski definition) is 0. The van der Waals surface area contributed by atoms with Gasteiger partial charge in [-0.25, -0.2) is 0 Å². The minimum absolute atomic E-state index is 0.0266. The van der Waals surface area contributed by atoms with E-state index in [9.17, 15) is 4.79 Å². The summed E-state index contributed by atoms with van der Waals surface area (Å²) in [4.78, 5) is 10.7. The van der Waals surface area contributed by atoms with Gasteiger partial charge in [-0.05, 0) is 13.3 Å². The average Bonchev–Trinajstić information content (AvgIpc) is 1.88. The summed E-state index contributed by atoms with van der Waals surface area (Å²) in [6.07, 6.45) is 3.32. The van der Waals surface area contributed by atoms with Gasteiger partial charge in [0.1, 0.15) is 6.10 Å². The lowest BCUT2D eigenvalue weighted by Gasteiger charge is -2.25. The number of hydrogen-bond acceptors (Lipinski definition) is 2. The van der Waals surface area contributed by atoms with Crippen molar-refractivity contribution < 1.29 is 9.53 Å². The van der Waals surface area contributed by atoms with Gasteiger partial charge in [0.25, 0.3) is 0 Å². The van der Waals surface area contributed by atoms with Gasteiger partial charge in [0, 0.05) is 12.3 Å². The van der Waals surface area contributed by atoms with Crippen LogP contribution in [0.15, 0.2) is 12.7 Å². The van der Waals surface area contributed by atoms with Gasteiger partial charge in [0.15, 0.2) is 0 Å². The van der Waals surface area contributed by atoms with Crippen molar-refractivity contribution in [2.45, 2.75) is 25.9 Å². The van der Waals surface area contributed by atoms with Gasteiger partial charge in [-0.3, -0.25) is 4.79 Å². The van der Waals surface area contributed by atoms with Gasteiger partial charge in [-0.2, -0.15) is 0 Å². The zero-order valence-electron chi connectivity index (χ0n) is 6.17. The molecule has 0 spiro atoms. The van der Waals surface area contributed by atoms with Crippen molar-refractivity contribution in [1.29, 1.82) is 0 Å². The van der Waals surface area contributed by atoms with Crippen LogP contribution in [0.2, 0.25) is 0 Å². The molecule has 1 unspecified atom stereocenters. The van der Waals surface area contributed by atoms with Gasteiger partial charge in [0.05, 0.1) is 0 Å². The summed E-state index contributed by atoms with van der Waals surface area (Å²) in [6.45, 7) is 5.57. The van der Waals surface area contributed by atoms with E-state index in [1.54, 1.807) is 0 Å².